The first-order chi connectivity index (χ1) is 48.7. The van der Waals surface area contributed by atoms with Gasteiger partial charge < -0.3 is 34.6 Å². The molecule has 5 heterocycles. The number of fused-ring (bicyclic) bond motifs is 3. The molecule has 2 aliphatic rings. The van der Waals surface area contributed by atoms with E-state index < -0.39 is 0 Å². The summed E-state index contributed by atoms with van der Waals surface area (Å²) in [5.74, 6) is 0.946. The second-order valence-corrected chi connectivity index (χ2v) is 25.5. The van der Waals surface area contributed by atoms with Gasteiger partial charge in [-0.25, -0.2) is 9.97 Å². The minimum Gasteiger partial charge on any atom is -1.00 e. The predicted molar refractivity (Wildman–Crippen MR) is 399 cm³/mol. The third kappa shape index (κ3) is 23.2. The van der Waals surface area contributed by atoms with E-state index in [0.717, 1.165) is 140 Å². The van der Waals surface area contributed by atoms with E-state index in [4.69, 9.17) is 0 Å². The molecule has 3 aromatic heterocycles. The Labute approximate surface area is 608 Å². The number of hydrogen-bond donors (Lipinski definition) is 0. The maximum absolute atomic E-state index is 13.2. The minimum absolute atomic E-state index is 0. The van der Waals surface area contributed by atoms with Crippen molar-refractivity contribution in [1.82, 2.24) is 4.57 Å². The van der Waals surface area contributed by atoms with E-state index in [1.54, 1.807) is 18.2 Å². The van der Waals surface area contributed by atoms with Gasteiger partial charge in [0, 0.05) is 78.5 Å². The Morgan fingerprint density at radius 3 is 1.15 bits per heavy atom. The molecule has 0 fully saturated rings. The zero-order valence-electron chi connectivity index (χ0n) is 57.5. The van der Waals surface area contributed by atoms with Gasteiger partial charge in [0.1, 0.15) is 0 Å². The number of unbranched alkanes of at least 4 members (excludes halogenated alkanes) is 9. The quantitative estimate of drug-likeness (QED) is 0.0324. The van der Waals surface area contributed by atoms with Crippen LogP contribution in [0.5, 0.6) is 0 Å². The second-order valence-electron chi connectivity index (χ2n) is 25.5. The zero-order chi connectivity index (χ0) is 68.6. The van der Waals surface area contributed by atoms with Crippen LogP contribution in [0.3, 0.4) is 0 Å². The number of amides is 2. The highest BCUT2D eigenvalue weighted by Crippen LogP contribution is 2.42. The van der Waals surface area contributed by atoms with Crippen molar-refractivity contribution < 1.29 is 63.5 Å². The standard InChI is InChI=1S/C30H31NO2.C29H30N2O2.C29H28N2O2.2ClH/c32-27(22-21-24-13-5-3-6-14-24)18-9-1-2-10-20-30(33)31-28-19-12-11-17-26(28)23-29(31)25-15-7-4-8-16-25;2*32-26(19-18-23-11-10-20-30-22-23)15-6-1-2-7-17-29(33)31-27-16-9-8-14-25(27)21-28(31)24-12-4-3-5-13-24;;/h3-8,11-17,19,21-22,29H,1-2,9-10,18,20,23H2;3-5,8-14,16,18-20,22,28H,1-2,6-7,15,17,21H2;3-5,8-14,16,18-22H,1-2,6-7,15,17H2;2*1H/b22-21+;2*19-18+;;. The van der Waals surface area contributed by atoms with Crippen LogP contribution in [0, 0.1) is 0 Å². The minimum atomic E-state index is 0. The topological polar surface area (TPSA) is 142 Å². The van der Waals surface area contributed by atoms with E-state index in [-0.39, 0.29) is 72.0 Å². The number of benzene rings is 7. The Morgan fingerprint density at radius 2 is 0.713 bits per heavy atom. The second kappa shape index (κ2) is 41.4. The van der Waals surface area contributed by atoms with Gasteiger partial charge in [-0.1, -0.05) is 221 Å². The summed E-state index contributed by atoms with van der Waals surface area (Å²) >= 11 is 0. The van der Waals surface area contributed by atoms with Gasteiger partial charge in [-0.15, -0.1) is 0 Å². The van der Waals surface area contributed by atoms with Crippen LogP contribution >= 0.6 is 0 Å². The van der Waals surface area contributed by atoms with Crippen molar-refractivity contribution in [1.29, 1.82) is 0 Å². The number of rotatable bonds is 30. The molecule has 2 unspecified atom stereocenters. The molecule has 101 heavy (non-hydrogen) atoms. The monoisotopic (exact) mass is 1380 g/mol. The molecule has 11 nitrogen and oxygen atoms in total. The average molecular weight is 1390 g/mol. The Hall–Kier alpha value is -10.2. The van der Waals surface area contributed by atoms with E-state index in [1.165, 1.54) is 22.3 Å². The molecule has 0 bridgehead atoms. The summed E-state index contributed by atoms with van der Waals surface area (Å²) in [6.45, 7) is 0. The Bertz CT molecular complexity index is 4140. The smallest absolute Gasteiger partial charge is 0.231 e. The van der Waals surface area contributed by atoms with Crippen molar-refractivity contribution in [3.05, 3.63) is 306 Å². The number of H-pyrrole nitrogens is 2. The third-order valence-electron chi connectivity index (χ3n) is 18.2. The van der Waals surface area contributed by atoms with Crippen LogP contribution in [-0.2, 0) is 36.8 Å². The fourth-order valence-electron chi connectivity index (χ4n) is 13.1. The SMILES string of the molecule is O=C(/C=C/c1ccc[nH+]c1)CCCCCCC(=O)N1c2ccccc2CC1c1ccccc1.O=C(/C=C/c1ccc[nH+]c1)CCCCCCC(=O)n1c(-c2ccccc2)cc2ccccc21.O=C(/C=C/c1ccccc1)CCCCCCC(=O)N1c2ccccc2CC1c1ccccc1.[Cl-].[Cl-]. The molecular weight excluding hydrogens is 1290 g/mol. The van der Waals surface area contributed by atoms with Gasteiger partial charge in [-0.2, -0.15) is 0 Å². The van der Waals surface area contributed by atoms with Crippen molar-refractivity contribution in [2.75, 3.05) is 9.80 Å². The van der Waals surface area contributed by atoms with Crippen molar-refractivity contribution in [2.45, 2.75) is 141 Å². The number of nitrogens with one attached hydrogen (secondary N) is 2. The summed E-state index contributed by atoms with van der Waals surface area (Å²) in [5.41, 5.74) is 12.9. The van der Waals surface area contributed by atoms with Crippen molar-refractivity contribution in [2.24, 2.45) is 0 Å². The molecule has 0 radical (unpaired) electrons. The molecule has 2 aliphatic heterocycles. The maximum atomic E-state index is 13.2. The van der Waals surface area contributed by atoms with E-state index in [1.807, 2.05) is 227 Å². The largest absolute Gasteiger partial charge is 1.00 e. The first-order valence-electron chi connectivity index (χ1n) is 35.4. The average Bonchev–Trinajstić information content (AvgIpc) is 1.65. The van der Waals surface area contributed by atoms with Crippen LogP contribution in [0.25, 0.3) is 40.4 Å². The molecular formula is C88H91Cl2N5O6. The first-order valence-corrected chi connectivity index (χ1v) is 35.4. The highest BCUT2D eigenvalue weighted by Gasteiger charge is 2.35. The summed E-state index contributed by atoms with van der Waals surface area (Å²) in [4.78, 5) is 85.8. The van der Waals surface area contributed by atoms with Crippen LogP contribution in [0.1, 0.15) is 171 Å². The van der Waals surface area contributed by atoms with Crippen LogP contribution in [0.2, 0.25) is 0 Å². The fraction of sp³-hybridized carbons (Fsp3) is 0.250. The number of hydrogen-bond acceptors (Lipinski definition) is 6. The Kier molecular flexibility index (Phi) is 31.4. The number of halogens is 2. The number of para-hydroxylation sites is 3. The summed E-state index contributed by atoms with van der Waals surface area (Å²) < 4.78 is 1.86. The molecule has 12 rings (SSSR count). The molecule has 10 aromatic rings. The molecule has 2 atom stereocenters. The third-order valence-corrected chi connectivity index (χ3v) is 18.2. The molecule has 2 amide bonds. The van der Waals surface area contributed by atoms with Gasteiger partial charge in [0.2, 0.25) is 17.7 Å². The molecule has 0 spiro atoms. The summed E-state index contributed by atoms with van der Waals surface area (Å²) in [7, 11) is 0. The number of ketones is 3. The number of anilines is 2. The number of allylic oxidation sites excluding steroid dienone is 3. The van der Waals surface area contributed by atoms with E-state index in [2.05, 4.69) is 64.6 Å². The van der Waals surface area contributed by atoms with Crippen molar-refractivity contribution >= 4 is 75.6 Å². The van der Waals surface area contributed by atoms with Crippen molar-refractivity contribution in [3.63, 3.8) is 0 Å². The number of carbonyl (C=O) groups excluding carboxylic acids is 6. The summed E-state index contributed by atoms with van der Waals surface area (Å²) in [5, 5.41) is 1.07. The van der Waals surface area contributed by atoms with Crippen LogP contribution < -0.4 is 44.6 Å². The molecule has 0 aliphatic carbocycles. The van der Waals surface area contributed by atoms with Crippen LogP contribution in [0.4, 0.5) is 11.4 Å². The molecule has 13 heteroatoms. The number of nitrogens with zero attached hydrogens (tertiary/aromatic N) is 3. The number of pyridine rings is 2. The van der Waals surface area contributed by atoms with E-state index in [0.29, 0.717) is 38.5 Å². The Morgan fingerprint density at radius 1 is 0.356 bits per heavy atom. The van der Waals surface area contributed by atoms with Gasteiger partial charge >= 0.3 is 0 Å². The lowest BCUT2D eigenvalue weighted by Gasteiger charge is -2.26. The molecule has 0 saturated heterocycles. The van der Waals surface area contributed by atoms with Gasteiger partial charge in [0.15, 0.2) is 42.1 Å². The van der Waals surface area contributed by atoms with Gasteiger partial charge in [-0.05, 0) is 152 Å². The molecule has 518 valence electrons. The molecule has 0 saturated carbocycles. The zero-order valence-corrected chi connectivity index (χ0v) is 59.0. The maximum Gasteiger partial charge on any atom is 0.231 e. The fourth-order valence-corrected chi connectivity index (χ4v) is 13.1. The first kappa shape index (κ1) is 76.6. The normalized spacial score (nSPS) is 13.5. The lowest BCUT2D eigenvalue weighted by atomic mass is 10.0. The van der Waals surface area contributed by atoms with Gasteiger partial charge in [0.05, 0.1) is 23.3 Å². The highest BCUT2D eigenvalue weighted by molar-refractivity contribution is 6.00. The summed E-state index contributed by atoms with van der Waals surface area (Å²) in [6.07, 6.45) is 33.7. The molecule has 7 aromatic carbocycles. The van der Waals surface area contributed by atoms with Crippen LogP contribution in [0.15, 0.2) is 267 Å². The summed E-state index contributed by atoms with van der Waals surface area (Å²) in [6, 6.07) is 75.0. The predicted octanol–water partition coefficient (Wildman–Crippen LogP) is 13.1. The number of carbonyl (C=O) groups is 6. The van der Waals surface area contributed by atoms with Crippen molar-refractivity contribution in [3.8, 4) is 11.3 Å². The number of aromatic amines is 2. The van der Waals surface area contributed by atoms with Gasteiger partial charge in [0.25, 0.3) is 0 Å². The van der Waals surface area contributed by atoms with E-state index >= 15 is 0 Å². The van der Waals surface area contributed by atoms with E-state index in [9.17, 15) is 28.8 Å². The Balaban J connectivity index is 0.000000191. The van der Waals surface area contributed by atoms with Gasteiger partial charge in [-0.3, -0.25) is 33.3 Å². The lowest BCUT2D eigenvalue weighted by molar-refractivity contribution is -0.378. The molecule has 2 N–H and O–H groups in total. The lowest BCUT2D eigenvalue weighted by Crippen LogP contribution is -3.00. The highest BCUT2D eigenvalue weighted by atomic mass is 35.5. The van der Waals surface area contributed by atoms with Crippen LogP contribution in [-0.4, -0.2) is 39.6 Å². The number of aromatic nitrogens is 3.